The van der Waals surface area contributed by atoms with Crippen LogP contribution in [0.25, 0.3) is 11.5 Å². The quantitative estimate of drug-likeness (QED) is 0.817. The normalized spacial score (nSPS) is 17.1. The number of imidazole rings is 1. The van der Waals surface area contributed by atoms with Gasteiger partial charge in [0, 0.05) is 31.4 Å². The van der Waals surface area contributed by atoms with Gasteiger partial charge in [0.2, 0.25) is 5.91 Å². The molecule has 1 aliphatic rings. The molecule has 0 aliphatic carbocycles. The molecule has 27 heavy (non-hydrogen) atoms. The summed E-state index contributed by atoms with van der Waals surface area (Å²) >= 11 is 0. The molecule has 3 heterocycles. The summed E-state index contributed by atoms with van der Waals surface area (Å²) in [4.78, 5) is 26.8. The van der Waals surface area contributed by atoms with E-state index in [1.807, 2.05) is 39.0 Å². The number of aromatic amines is 1. The van der Waals surface area contributed by atoms with Crippen LogP contribution in [0.15, 0.2) is 24.4 Å². The van der Waals surface area contributed by atoms with E-state index in [2.05, 4.69) is 26.3 Å². The van der Waals surface area contributed by atoms with Crippen molar-refractivity contribution in [1.29, 1.82) is 5.26 Å². The van der Waals surface area contributed by atoms with Crippen LogP contribution in [0.2, 0.25) is 0 Å². The molecule has 3 rings (SSSR count). The molecule has 0 saturated carbocycles. The van der Waals surface area contributed by atoms with Gasteiger partial charge < -0.3 is 15.2 Å². The van der Waals surface area contributed by atoms with Crippen molar-refractivity contribution in [2.24, 2.45) is 0 Å². The summed E-state index contributed by atoms with van der Waals surface area (Å²) in [6.45, 7) is 7.02. The Balaban J connectivity index is 1.60. The summed E-state index contributed by atoms with van der Waals surface area (Å²) < 4.78 is 0. The third kappa shape index (κ3) is 4.17. The summed E-state index contributed by atoms with van der Waals surface area (Å²) in [6.07, 6.45) is 4.10. The molecule has 142 valence electrons. The van der Waals surface area contributed by atoms with E-state index in [1.54, 1.807) is 11.1 Å². The molecule has 2 aromatic heterocycles. The number of carbonyl (C=O) groups excluding carboxylic acids is 1. The number of likely N-dealkylation sites (tertiary alicyclic amines) is 1. The maximum atomic E-state index is 12.8. The maximum Gasteiger partial charge on any atom is 0.243 e. The average molecular weight is 366 g/mol. The summed E-state index contributed by atoms with van der Waals surface area (Å²) in [5.74, 6) is 0.742. The van der Waals surface area contributed by atoms with Crippen molar-refractivity contribution < 1.29 is 4.79 Å². The van der Waals surface area contributed by atoms with Gasteiger partial charge in [-0.05, 0) is 45.7 Å². The van der Waals surface area contributed by atoms with Crippen molar-refractivity contribution in [3.05, 3.63) is 35.8 Å². The molecule has 0 unspecified atom stereocenters. The molecule has 1 amide bonds. The summed E-state index contributed by atoms with van der Waals surface area (Å²) in [6, 6.07) is 7.66. The smallest absolute Gasteiger partial charge is 0.243 e. The highest BCUT2D eigenvalue weighted by atomic mass is 16.2. The van der Waals surface area contributed by atoms with Crippen LogP contribution in [0.3, 0.4) is 0 Å². The fraction of sp³-hybridized carbons (Fsp3) is 0.500. The van der Waals surface area contributed by atoms with E-state index in [9.17, 15) is 10.1 Å². The number of amides is 1. The molecule has 0 bridgehead atoms. The fourth-order valence-corrected chi connectivity index (χ4v) is 3.44. The molecule has 1 fully saturated rings. The van der Waals surface area contributed by atoms with E-state index in [1.165, 1.54) is 0 Å². The molecule has 1 aliphatic heterocycles. The first kappa shape index (κ1) is 19.1. The summed E-state index contributed by atoms with van der Waals surface area (Å²) in [7, 11) is 0. The lowest BCUT2D eigenvalue weighted by atomic mass is 10.0. The number of carbonyl (C=O) groups is 1. The zero-order valence-corrected chi connectivity index (χ0v) is 16.1. The summed E-state index contributed by atoms with van der Waals surface area (Å²) in [5.41, 5.74) is 2.06. The highest BCUT2D eigenvalue weighted by molar-refractivity contribution is 5.86. The van der Waals surface area contributed by atoms with Crippen molar-refractivity contribution in [3.63, 3.8) is 0 Å². The van der Waals surface area contributed by atoms with Crippen molar-refractivity contribution in [3.8, 4) is 17.6 Å². The maximum absolute atomic E-state index is 12.8. The number of aromatic nitrogens is 3. The van der Waals surface area contributed by atoms with Crippen LogP contribution in [0.5, 0.6) is 0 Å². The second kappa shape index (κ2) is 7.89. The molecule has 7 heteroatoms. The highest BCUT2D eigenvalue weighted by Gasteiger charge is 2.37. The minimum absolute atomic E-state index is 0.0144. The number of hydrogen-bond donors (Lipinski definition) is 2. The number of nitriles is 1. The standard InChI is InChI=1S/C20H26N6O/c1-14-16(25-18(24-14)17-8-4-5-10-22-17)9-11-23-20(2,3)19(27)26-12-6-7-15(26)13-21/h4-5,8,10,15,23H,6-7,9,11-12H2,1-3H3,(H,24,25)/t15-/m0/s1. The molecule has 0 radical (unpaired) electrons. The van der Waals surface area contributed by atoms with E-state index in [4.69, 9.17) is 0 Å². The van der Waals surface area contributed by atoms with Crippen LogP contribution in [-0.4, -0.2) is 50.4 Å². The molecule has 0 aromatic carbocycles. The van der Waals surface area contributed by atoms with Crippen LogP contribution < -0.4 is 5.32 Å². The van der Waals surface area contributed by atoms with Crippen LogP contribution in [0.4, 0.5) is 0 Å². The Morgan fingerprint density at radius 1 is 1.48 bits per heavy atom. The largest absolute Gasteiger partial charge is 0.341 e. The van der Waals surface area contributed by atoms with Crippen LogP contribution in [-0.2, 0) is 11.2 Å². The Morgan fingerprint density at radius 2 is 2.30 bits per heavy atom. The van der Waals surface area contributed by atoms with Crippen LogP contribution in [0.1, 0.15) is 38.1 Å². The zero-order valence-electron chi connectivity index (χ0n) is 16.1. The number of rotatable bonds is 6. The monoisotopic (exact) mass is 366 g/mol. The Bertz CT molecular complexity index is 836. The lowest BCUT2D eigenvalue weighted by molar-refractivity contribution is -0.137. The topological polar surface area (TPSA) is 97.7 Å². The van der Waals surface area contributed by atoms with Gasteiger partial charge in [0.15, 0.2) is 5.82 Å². The lowest BCUT2D eigenvalue weighted by Crippen LogP contribution is -2.55. The van der Waals surface area contributed by atoms with Gasteiger partial charge in [-0.3, -0.25) is 9.78 Å². The average Bonchev–Trinajstić information content (AvgIpc) is 3.28. The molecule has 1 saturated heterocycles. The van der Waals surface area contributed by atoms with Crippen molar-refractivity contribution in [2.75, 3.05) is 13.1 Å². The van der Waals surface area contributed by atoms with Crippen molar-refractivity contribution >= 4 is 5.91 Å². The van der Waals surface area contributed by atoms with E-state index in [0.717, 1.165) is 35.7 Å². The highest BCUT2D eigenvalue weighted by Crippen LogP contribution is 2.21. The summed E-state index contributed by atoms with van der Waals surface area (Å²) in [5, 5.41) is 12.6. The van der Waals surface area contributed by atoms with E-state index in [0.29, 0.717) is 19.5 Å². The van der Waals surface area contributed by atoms with Gasteiger partial charge >= 0.3 is 0 Å². The van der Waals surface area contributed by atoms with Gasteiger partial charge in [-0.25, -0.2) is 4.98 Å². The van der Waals surface area contributed by atoms with E-state index < -0.39 is 5.54 Å². The predicted octanol–water partition coefficient (Wildman–Crippen LogP) is 2.21. The second-order valence-corrected chi connectivity index (χ2v) is 7.46. The number of H-pyrrole nitrogens is 1. The fourth-order valence-electron chi connectivity index (χ4n) is 3.44. The van der Waals surface area contributed by atoms with E-state index in [-0.39, 0.29) is 11.9 Å². The molecule has 2 N–H and O–H groups in total. The van der Waals surface area contributed by atoms with Gasteiger partial charge in [0.1, 0.15) is 11.7 Å². The Kier molecular flexibility index (Phi) is 5.57. The Morgan fingerprint density at radius 3 is 3.00 bits per heavy atom. The van der Waals surface area contributed by atoms with Gasteiger partial charge in [0.05, 0.1) is 17.3 Å². The molecule has 2 aromatic rings. The van der Waals surface area contributed by atoms with Gasteiger partial charge in [0.25, 0.3) is 0 Å². The third-order valence-corrected chi connectivity index (χ3v) is 5.02. The van der Waals surface area contributed by atoms with Crippen LogP contribution >= 0.6 is 0 Å². The number of nitrogens with zero attached hydrogens (tertiary/aromatic N) is 4. The molecule has 1 atom stereocenters. The SMILES string of the molecule is Cc1[nH]c(-c2ccccn2)nc1CCNC(C)(C)C(=O)N1CCC[C@H]1C#N. The van der Waals surface area contributed by atoms with Gasteiger partial charge in [-0.15, -0.1) is 0 Å². The second-order valence-electron chi connectivity index (χ2n) is 7.46. The lowest BCUT2D eigenvalue weighted by Gasteiger charge is -2.31. The zero-order chi connectivity index (χ0) is 19.4. The molecular weight excluding hydrogens is 340 g/mol. The molecule has 7 nitrogen and oxygen atoms in total. The predicted molar refractivity (Wildman–Crippen MR) is 103 cm³/mol. The Labute approximate surface area is 159 Å². The number of aryl methyl sites for hydroxylation is 1. The minimum atomic E-state index is -0.715. The van der Waals surface area contributed by atoms with E-state index >= 15 is 0 Å². The number of hydrogen-bond acceptors (Lipinski definition) is 5. The first-order chi connectivity index (χ1) is 12.9. The minimum Gasteiger partial charge on any atom is -0.341 e. The van der Waals surface area contributed by atoms with Crippen molar-refractivity contribution in [2.45, 2.75) is 51.6 Å². The van der Waals surface area contributed by atoms with Gasteiger partial charge in [-0.2, -0.15) is 5.26 Å². The first-order valence-electron chi connectivity index (χ1n) is 9.35. The molecular formula is C20H26N6O. The molecule has 0 spiro atoms. The number of pyridine rings is 1. The van der Waals surface area contributed by atoms with Gasteiger partial charge in [-0.1, -0.05) is 6.07 Å². The Hall–Kier alpha value is -2.72. The number of nitrogens with one attached hydrogen (secondary N) is 2. The van der Waals surface area contributed by atoms with Crippen molar-refractivity contribution in [1.82, 2.24) is 25.2 Å². The first-order valence-corrected chi connectivity index (χ1v) is 9.35. The van der Waals surface area contributed by atoms with Crippen LogP contribution in [0, 0.1) is 18.3 Å². The third-order valence-electron chi connectivity index (χ3n) is 5.02.